The van der Waals surface area contributed by atoms with E-state index in [2.05, 4.69) is 73.5 Å². The van der Waals surface area contributed by atoms with E-state index in [1.54, 1.807) is 0 Å². The molecule has 1 aliphatic rings. The molecule has 2 atom stereocenters. The first-order chi connectivity index (χ1) is 13.2. The molecule has 4 nitrogen and oxygen atoms in total. The van der Waals surface area contributed by atoms with Crippen molar-refractivity contribution in [1.82, 2.24) is 0 Å². The van der Waals surface area contributed by atoms with Crippen LogP contribution in [0.5, 0.6) is 0 Å². The Hall–Kier alpha value is -1.47. The summed E-state index contributed by atoms with van der Waals surface area (Å²) in [6.07, 6.45) is 0.876. The van der Waals surface area contributed by atoms with Gasteiger partial charge in [-0.05, 0) is 33.7 Å². The van der Waals surface area contributed by atoms with E-state index in [0.717, 1.165) is 6.42 Å². The van der Waals surface area contributed by atoms with Gasteiger partial charge in [-0.2, -0.15) is 8.42 Å². The van der Waals surface area contributed by atoms with Crippen molar-refractivity contribution in [3.8, 4) is 0 Å². The summed E-state index contributed by atoms with van der Waals surface area (Å²) < 4.78 is 35.0. The van der Waals surface area contributed by atoms with Gasteiger partial charge in [-0.3, -0.25) is 4.18 Å². The highest BCUT2D eigenvalue weighted by molar-refractivity contribution is 7.86. The summed E-state index contributed by atoms with van der Waals surface area (Å²) in [5.41, 5.74) is 0. The molecule has 2 unspecified atom stereocenters. The third-order valence-electron chi connectivity index (χ3n) is 5.67. The third-order valence-corrected chi connectivity index (χ3v) is 12.0. The number of rotatable bonds is 8. The summed E-state index contributed by atoms with van der Waals surface area (Å²) in [4.78, 5) is 0. The van der Waals surface area contributed by atoms with E-state index in [-0.39, 0.29) is 22.6 Å². The quantitative estimate of drug-likeness (QED) is 0.488. The van der Waals surface area contributed by atoms with Crippen molar-refractivity contribution in [2.75, 3.05) is 19.5 Å². The van der Waals surface area contributed by atoms with Crippen LogP contribution in [-0.2, 0) is 18.7 Å². The maximum atomic E-state index is 11.7. The molecule has 2 aromatic rings. The molecular formula is C22H30O4SSi. The van der Waals surface area contributed by atoms with Gasteiger partial charge in [0.15, 0.2) is 0 Å². The van der Waals surface area contributed by atoms with Crippen molar-refractivity contribution in [2.45, 2.75) is 32.2 Å². The van der Waals surface area contributed by atoms with Crippen molar-refractivity contribution in [1.29, 1.82) is 0 Å². The second kappa shape index (κ2) is 8.11. The van der Waals surface area contributed by atoms with Crippen molar-refractivity contribution in [2.24, 2.45) is 11.8 Å². The Morgan fingerprint density at radius 2 is 1.43 bits per heavy atom. The topological polar surface area (TPSA) is 52.6 Å². The molecule has 0 saturated heterocycles. The highest BCUT2D eigenvalue weighted by Gasteiger charge is 2.52. The fourth-order valence-corrected chi connectivity index (χ4v) is 9.73. The molecule has 0 heterocycles. The van der Waals surface area contributed by atoms with Crippen molar-refractivity contribution in [3.05, 3.63) is 60.7 Å². The van der Waals surface area contributed by atoms with Crippen LogP contribution in [-0.4, -0.2) is 36.2 Å². The second-order valence-corrected chi connectivity index (χ2v) is 14.7. The first-order valence-electron chi connectivity index (χ1n) is 9.73. The molecule has 0 N–H and O–H groups in total. The lowest BCUT2D eigenvalue weighted by molar-refractivity contribution is 0.275. The Morgan fingerprint density at radius 1 is 0.929 bits per heavy atom. The zero-order chi connectivity index (χ0) is 20.4. The molecule has 0 aromatic heterocycles. The summed E-state index contributed by atoms with van der Waals surface area (Å²) in [5, 5.41) is 2.42. The van der Waals surface area contributed by atoms with Crippen LogP contribution in [0.2, 0.25) is 5.04 Å². The maximum absolute atomic E-state index is 11.7. The predicted octanol–water partition coefficient (Wildman–Crippen LogP) is 3.18. The fraction of sp³-hybridized carbons (Fsp3) is 0.455. The summed E-state index contributed by atoms with van der Waals surface area (Å²) in [6, 6.07) is 21.0. The van der Waals surface area contributed by atoms with Crippen LogP contribution < -0.4 is 10.4 Å². The lowest BCUT2D eigenvalue weighted by Gasteiger charge is -2.43. The van der Waals surface area contributed by atoms with Gasteiger partial charge < -0.3 is 4.43 Å². The molecule has 1 aliphatic carbocycles. The zero-order valence-electron chi connectivity index (χ0n) is 17.1. The predicted molar refractivity (Wildman–Crippen MR) is 116 cm³/mol. The minimum Gasteiger partial charge on any atom is -0.407 e. The highest BCUT2D eigenvalue weighted by Crippen LogP contribution is 2.43. The first-order valence-corrected chi connectivity index (χ1v) is 13.2. The highest BCUT2D eigenvalue weighted by atomic mass is 32.2. The Balaban J connectivity index is 1.90. The van der Waals surface area contributed by atoms with E-state index in [1.807, 2.05) is 12.1 Å². The molecule has 3 rings (SSSR count). The van der Waals surface area contributed by atoms with E-state index in [1.165, 1.54) is 17.5 Å². The van der Waals surface area contributed by atoms with Gasteiger partial charge >= 0.3 is 0 Å². The number of hydrogen-bond donors (Lipinski definition) is 0. The van der Waals surface area contributed by atoms with Gasteiger partial charge in [0, 0.05) is 6.61 Å². The molecule has 0 aliphatic heterocycles. The Kier molecular flexibility index (Phi) is 6.15. The van der Waals surface area contributed by atoms with Crippen molar-refractivity contribution in [3.63, 3.8) is 0 Å². The monoisotopic (exact) mass is 418 g/mol. The third kappa shape index (κ3) is 4.40. The maximum Gasteiger partial charge on any atom is 0.267 e. The SMILES string of the molecule is COS(=O)(=O)CC1CC1CO[Si](c1ccccc1)(c1ccccc1)C(C)(C)C. The smallest absolute Gasteiger partial charge is 0.267 e. The van der Waals surface area contributed by atoms with Crippen molar-refractivity contribution >= 4 is 28.8 Å². The lowest BCUT2D eigenvalue weighted by atomic mass is 10.2. The standard InChI is InChI=1S/C22H30O4SSi/c1-22(2,3)28(20-11-7-5-8-12-20,21-13-9-6-10-14-21)26-16-18-15-19(18)17-27(23,24)25-4/h5-14,18-19H,15-17H2,1-4H3. The molecule has 152 valence electrons. The summed E-state index contributed by atoms with van der Waals surface area (Å²) in [6.45, 7) is 7.33. The lowest BCUT2D eigenvalue weighted by Crippen LogP contribution is -2.66. The summed E-state index contributed by atoms with van der Waals surface area (Å²) in [5.74, 6) is 0.480. The van der Waals surface area contributed by atoms with Gasteiger partial charge in [-0.15, -0.1) is 0 Å². The minimum atomic E-state index is -3.42. The largest absolute Gasteiger partial charge is 0.407 e. The molecule has 0 radical (unpaired) electrons. The van der Waals surface area contributed by atoms with Crippen LogP contribution in [0, 0.1) is 11.8 Å². The van der Waals surface area contributed by atoms with Crippen LogP contribution in [0.1, 0.15) is 27.2 Å². The molecule has 0 spiro atoms. The Bertz CT molecular complexity index is 836. The van der Waals surface area contributed by atoms with Gasteiger partial charge in [0.25, 0.3) is 18.4 Å². The molecule has 2 aromatic carbocycles. The van der Waals surface area contributed by atoms with Crippen LogP contribution in [0.4, 0.5) is 0 Å². The molecule has 6 heteroatoms. The fourth-order valence-electron chi connectivity index (χ4n) is 4.04. The summed E-state index contributed by atoms with van der Waals surface area (Å²) in [7, 11) is -4.74. The normalized spacial score (nSPS) is 20.1. The van der Waals surface area contributed by atoms with Gasteiger partial charge in [0.1, 0.15) is 0 Å². The minimum absolute atomic E-state index is 0.0707. The second-order valence-electron chi connectivity index (χ2n) is 8.62. The molecule has 1 saturated carbocycles. The Morgan fingerprint density at radius 3 is 1.86 bits per heavy atom. The van der Waals surface area contributed by atoms with E-state index in [4.69, 9.17) is 4.43 Å². The van der Waals surface area contributed by atoms with Gasteiger partial charge in [0.05, 0.1) is 12.9 Å². The molecule has 0 amide bonds. The van der Waals surface area contributed by atoms with Crippen LogP contribution >= 0.6 is 0 Å². The molecule has 28 heavy (non-hydrogen) atoms. The van der Waals surface area contributed by atoms with E-state index in [9.17, 15) is 8.42 Å². The van der Waals surface area contributed by atoms with Gasteiger partial charge in [-0.25, -0.2) is 0 Å². The molecule has 0 bridgehead atoms. The van der Waals surface area contributed by atoms with Gasteiger partial charge in [0.2, 0.25) is 0 Å². The van der Waals surface area contributed by atoms with Crippen LogP contribution in [0.25, 0.3) is 0 Å². The van der Waals surface area contributed by atoms with E-state index in [0.29, 0.717) is 6.61 Å². The molecule has 1 fully saturated rings. The Labute approximate surface area is 170 Å². The first kappa shape index (κ1) is 21.2. The average Bonchev–Trinajstić information content (AvgIpc) is 3.40. The van der Waals surface area contributed by atoms with Gasteiger partial charge in [-0.1, -0.05) is 81.4 Å². The number of hydrogen-bond acceptors (Lipinski definition) is 4. The zero-order valence-corrected chi connectivity index (χ0v) is 18.9. The molecular weight excluding hydrogens is 388 g/mol. The van der Waals surface area contributed by atoms with E-state index < -0.39 is 18.4 Å². The average molecular weight is 419 g/mol. The van der Waals surface area contributed by atoms with Crippen LogP contribution in [0.15, 0.2) is 60.7 Å². The van der Waals surface area contributed by atoms with Crippen LogP contribution in [0.3, 0.4) is 0 Å². The van der Waals surface area contributed by atoms with E-state index >= 15 is 0 Å². The van der Waals surface area contributed by atoms with Crippen molar-refractivity contribution < 1.29 is 17.0 Å². The number of benzene rings is 2. The summed E-state index contributed by atoms with van der Waals surface area (Å²) >= 11 is 0.